The van der Waals surface area contributed by atoms with Gasteiger partial charge in [0.15, 0.2) is 0 Å². The van der Waals surface area contributed by atoms with Crippen LogP contribution in [0.25, 0.3) is 0 Å². The fraction of sp³-hybridized carbons (Fsp3) is 0.524. The highest BCUT2D eigenvalue weighted by atomic mass is 16.6. The third kappa shape index (κ3) is 4.33. The first-order valence-electron chi connectivity index (χ1n) is 9.28. The molecular weight excluding hydrogens is 358 g/mol. The zero-order valence-electron chi connectivity index (χ0n) is 17.2. The van der Waals surface area contributed by atoms with Gasteiger partial charge in [0.25, 0.3) is 5.91 Å². The second kappa shape index (κ2) is 7.63. The van der Waals surface area contributed by atoms with Crippen LogP contribution in [0.3, 0.4) is 0 Å². The second-order valence-electron chi connectivity index (χ2n) is 8.60. The molecule has 3 amide bonds. The van der Waals surface area contributed by atoms with Crippen LogP contribution in [0.4, 0.5) is 4.79 Å². The topological polar surface area (TPSA) is 99.5 Å². The Hall–Kier alpha value is -2.88. The molecule has 1 aliphatic rings. The summed E-state index contributed by atoms with van der Waals surface area (Å²) in [5.74, 6) is -1.05. The van der Waals surface area contributed by atoms with Crippen molar-refractivity contribution in [3.05, 3.63) is 35.4 Å². The monoisotopic (exact) mass is 385 g/mol. The Balaban J connectivity index is 2.39. The summed E-state index contributed by atoms with van der Waals surface area (Å²) in [6, 6.07) is 6.81. The minimum atomic E-state index is -1.32. The number of hydrogen-bond donors (Lipinski definition) is 1. The molecule has 1 heterocycles. The van der Waals surface area contributed by atoms with E-state index in [1.165, 1.54) is 0 Å². The van der Waals surface area contributed by atoms with Crippen molar-refractivity contribution in [1.82, 2.24) is 10.2 Å². The van der Waals surface area contributed by atoms with E-state index in [-0.39, 0.29) is 5.92 Å². The van der Waals surface area contributed by atoms with Gasteiger partial charge in [-0.1, -0.05) is 26.0 Å². The smallest absolute Gasteiger partial charge is 0.329 e. The molecule has 7 heteroatoms. The lowest BCUT2D eigenvalue weighted by Crippen LogP contribution is -2.49. The van der Waals surface area contributed by atoms with Crippen molar-refractivity contribution in [2.75, 3.05) is 0 Å². The molecule has 1 aromatic rings. The van der Waals surface area contributed by atoms with Crippen LogP contribution in [-0.2, 0) is 19.9 Å². The number of nitrogens with zero attached hydrogens (tertiary/aromatic N) is 2. The third-order valence-electron chi connectivity index (χ3n) is 4.50. The van der Waals surface area contributed by atoms with Gasteiger partial charge in [0.1, 0.15) is 17.2 Å². The maximum absolute atomic E-state index is 13.3. The average Bonchev–Trinajstić information content (AvgIpc) is 2.81. The lowest BCUT2D eigenvalue weighted by molar-refractivity contribution is -0.163. The van der Waals surface area contributed by atoms with E-state index in [2.05, 4.69) is 5.32 Å². The third-order valence-corrected chi connectivity index (χ3v) is 4.50. The standard InChI is InChI=1S/C21H27N3O4/c1-13(2)11-16(17(25)28-20(3,4)5)24-18(26)21(6,23-19(24)27)15-9-7-14(12-22)8-10-15/h7-10,13,16H,11H2,1-6H3,(H,23,27)/t16-,21+/m1/s1. The van der Waals surface area contributed by atoms with Gasteiger partial charge in [0.05, 0.1) is 11.6 Å². The molecule has 0 radical (unpaired) electrons. The van der Waals surface area contributed by atoms with Gasteiger partial charge in [-0.3, -0.25) is 4.79 Å². The molecular formula is C21H27N3O4. The Kier molecular flexibility index (Phi) is 5.83. The van der Waals surface area contributed by atoms with E-state index in [1.807, 2.05) is 19.9 Å². The van der Waals surface area contributed by atoms with Crippen molar-refractivity contribution in [2.45, 2.75) is 65.1 Å². The first kappa shape index (κ1) is 21.4. The summed E-state index contributed by atoms with van der Waals surface area (Å²) in [5.41, 5.74) is -1.06. The Morgan fingerprint density at radius 1 is 1.25 bits per heavy atom. The molecule has 1 saturated heterocycles. The summed E-state index contributed by atoms with van der Waals surface area (Å²) < 4.78 is 5.47. The number of amides is 3. The highest BCUT2D eigenvalue weighted by molar-refractivity contribution is 6.09. The molecule has 2 rings (SSSR count). The van der Waals surface area contributed by atoms with Crippen molar-refractivity contribution in [2.24, 2.45) is 5.92 Å². The molecule has 1 fully saturated rings. The molecule has 1 aromatic carbocycles. The average molecular weight is 385 g/mol. The van der Waals surface area contributed by atoms with Crippen LogP contribution in [0.1, 0.15) is 59.1 Å². The number of imide groups is 1. The fourth-order valence-corrected chi connectivity index (χ4v) is 3.14. The summed E-state index contributed by atoms with van der Waals surface area (Å²) in [6.45, 7) is 10.6. The maximum atomic E-state index is 13.3. The summed E-state index contributed by atoms with van der Waals surface area (Å²) >= 11 is 0. The van der Waals surface area contributed by atoms with Crippen molar-refractivity contribution in [1.29, 1.82) is 5.26 Å². The van der Waals surface area contributed by atoms with Gasteiger partial charge < -0.3 is 10.1 Å². The van der Waals surface area contributed by atoms with E-state index in [4.69, 9.17) is 10.00 Å². The summed E-state index contributed by atoms with van der Waals surface area (Å²) in [4.78, 5) is 39.7. The molecule has 0 saturated carbocycles. The van der Waals surface area contributed by atoms with Gasteiger partial charge in [-0.15, -0.1) is 0 Å². The van der Waals surface area contributed by atoms with Crippen LogP contribution in [0.5, 0.6) is 0 Å². The van der Waals surface area contributed by atoms with E-state index in [1.54, 1.807) is 52.0 Å². The van der Waals surface area contributed by atoms with E-state index < -0.39 is 35.1 Å². The van der Waals surface area contributed by atoms with Gasteiger partial charge >= 0.3 is 12.0 Å². The zero-order valence-corrected chi connectivity index (χ0v) is 17.2. The number of carbonyl (C=O) groups is 3. The highest BCUT2D eigenvalue weighted by Gasteiger charge is 2.53. The van der Waals surface area contributed by atoms with Gasteiger partial charge in [0, 0.05) is 0 Å². The van der Waals surface area contributed by atoms with Gasteiger partial charge in [0.2, 0.25) is 0 Å². The van der Waals surface area contributed by atoms with Crippen LogP contribution in [0.2, 0.25) is 0 Å². The molecule has 0 aromatic heterocycles. The van der Waals surface area contributed by atoms with E-state index in [0.717, 1.165) is 4.90 Å². The minimum absolute atomic E-state index is 0.0693. The Labute approximate surface area is 165 Å². The number of ether oxygens (including phenoxy) is 1. The van der Waals surface area contributed by atoms with Crippen molar-refractivity contribution >= 4 is 17.9 Å². The van der Waals surface area contributed by atoms with E-state index in [9.17, 15) is 14.4 Å². The summed E-state index contributed by atoms with van der Waals surface area (Å²) in [5, 5.41) is 11.7. The Morgan fingerprint density at radius 2 is 1.82 bits per heavy atom. The molecule has 1 N–H and O–H groups in total. The van der Waals surface area contributed by atoms with E-state index >= 15 is 0 Å². The molecule has 150 valence electrons. The van der Waals surface area contributed by atoms with Crippen LogP contribution >= 0.6 is 0 Å². The van der Waals surface area contributed by atoms with Gasteiger partial charge in [-0.05, 0) is 57.7 Å². The van der Waals surface area contributed by atoms with Crippen LogP contribution < -0.4 is 5.32 Å². The number of esters is 1. The largest absolute Gasteiger partial charge is 0.458 e. The Bertz CT molecular complexity index is 818. The van der Waals surface area contributed by atoms with Gasteiger partial charge in [-0.25, -0.2) is 14.5 Å². The lowest BCUT2D eigenvalue weighted by Gasteiger charge is -2.30. The quantitative estimate of drug-likeness (QED) is 0.620. The van der Waals surface area contributed by atoms with E-state index in [0.29, 0.717) is 17.5 Å². The Morgan fingerprint density at radius 3 is 2.29 bits per heavy atom. The normalized spacial score (nSPS) is 20.7. The number of nitrogens with one attached hydrogen (secondary N) is 1. The first-order valence-corrected chi connectivity index (χ1v) is 9.28. The summed E-state index contributed by atoms with van der Waals surface area (Å²) in [7, 11) is 0. The van der Waals surface area contributed by atoms with Crippen LogP contribution in [0.15, 0.2) is 24.3 Å². The molecule has 0 spiro atoms. The number of carbonyl (C=O) groups excluding carboxylic acids is 3. The SMILES string of the molecule is CC(C)C[C@H](C(=O)OC(C)(C)C)N1C(=O)N[C@@](C)(c2ccc(C#N)cc2)C1=O. The molecule has 1 aliphatic heterocycles. The molecule has 0 unspecified atom stereocenters. The first-order chi connectivity index (χ1) is 12.9. The summed E-state index contributed by atoms with van der Waals surface area (Å²) in [6.07, 6.45) is 0.303. The zero-order chi connectivity index (χ0) is 21.3. The predicted octanol–water partition coefficient (Wildman–Crippen LogP) is 3.08. The second-order valence-corrected chi connectivity index (χ2v) is 8.60. The molecule has 0 aliphatic carbocycles. The van der Waals surface area contributed by atoms with Gasteiger partial charge in [-0.2, -0.15) is 5.26 Å². The number of hydrogen-bond acceptors (Lipinski definition) is 5. The maximum Gasteiger partial charge on any atom is 0.329 e. The number of rotatable bonds is 5. The number of urea groups is 1. The fourth-order valence-electron chi connectivity index (χ4n) is 3.14. The molecule has 2 atom stereocenters. The van der Waals surface area contributed by atoms with Crippen molar-refractivity contribution < 1.29 is 19.1 Å². The highest BCUT2D eigenvalue weighted by Crippen LogP contribution is 2.32. The van der Waals surface area contributed by atoms with Crippen molar-refractivity contribution in [3.63, 3.8) is 0 Å². The van der Waals surface area contributed by atoms with Crippen molar-refractivity contribution in [3.8, 4) is 6.07 Å². The molecule has 0 bridgehead atoms. The molecule has 7 nitrogen and oxygen atoms in total. The number of benzene rings is 1. The minimum Gasteiger partial charge on any atom is -0.458 e. The predicted molar refractivity (Wildman–Crippen MR) is 103 cm³/mol. The van der Waals surface area contributed by atoms with Crippen LogP contribution in [-0.4, -0.2) is 34.5 Å². The van der Waals surface area contributed by atoms with Crippen LogP contribution in [0, 0.1) is 17.2 Å². The number of nitriles is 1. The lowest BCUT2D eigenvalue weighted by atomic mass is 9.90. The molecule has 28 heavy (non-hydrogen) atoms.